The van der Waals surface area contributed by atoms with Crippen molar-refractivity contribution in [2.24, 2.45) is 0 Å². The Morgan fingerprint density at radius 2 is 1.95 bits per heavy atom. The molecule has 3 heterocycles. The number of carbonyl (C=O) groups is 1. The van der Waals surface area contributed by atoms with Gasteiger partial charge in [-0.1, -0.05) is 0 Å². The van der Waals surface area contributed by atoms with E-state index in [4.69, 9.17) is 0 Å². The molecule has 3 aromatic heterocycles. The normalized spacial score (nSPS) is 10.7. The maximum atomic E-state index is 12.2. The predicted molar refractivity (Wildman–Crippen MR) is 74.7 cm³/mol. The van der Waals surface area contributed by atoms with Crippen LogP contribution in [-0.4, -0.2) is 25.3 Å². The molecule has 0 aliphatic heterocycles. The fourth-order valence-corrected chi connectivity index (χ4v) is 2.01. The molecule has 0 aromatic carbocycles. The largest absolute Gasteiger partial charge is 0.306 e. The highest BCUT2D eigenvalue weighted by Gasteiger charge is 2.09. The summed E-state index contributed by atoms with van der Waals surface area (Å²) >= 11 is 0. The molecule has 100 valence electrons. The Kier molecular flexibility index (Phi) is 2.90. The van der Waals surface area contributed by atoms with E-state index in [0.29, 0.717) is 11.5 Å². The summed E-state index contributed by atoms with van der Waals surface area (Å²) in [7, 11) is 0. The van der Waals surface area contributed by atoms with Gasteiger partial charge in [-0.15, -0.1) is 0 Å². The lowest BCUT2D eigenvalue weighted by Crippen LogP contribution is -2.15. The molecule has 0 saturated heterocycles. The first-order valence-corrected chi connectivity index (χ1v) is 6.18. The van der Waals surface area contributed by atoms with Gasteiger partial charge in [-0.3, -0.25) is 10.1 Å². The maximum Gasteiger partial charge on any atom is 0.259 e. The van der Waals surface area contributed by atoms with Crippen LogP contribution in [0.4, 0.5) is 5.95 Å². The Balaban J connectivity index is 1.88. The zero-order valence-electron chi connectivity index (χ0n) is 11.2. The molecule has 0 unspecified atom stereocenters. The summed E-state index contributed by atoms with van der Waals surface area (Å²) in [5.74, 6) is 0.0730. The van der Waals surface area contributed by atoms with E-state index in [1.807, 2.05) is 19.9 Å². The summed E-state index contributed by atoms with van der Waals surface area (Å²) in [6, 6.07) is 5.37. The van der Waals surface area contributed by atoms with E-state index >= 15 is 0 Å². The molecule has 6 heteroatoms. The van der Waals surface area contributed by atoms with Crippen molar-refractivity contribution in [1.29, 1.82) is 0 Å². The zero-order chi connectivity index (χ0) is 14.1. The van der Waals surface area contributed by atoms with Gasteiger partial charge in [0, 0.05) is 30.0 Å². The highest BCUT2D eigenvalue weighted by atomic mass is 16.1. The molecule has 0 atom stereocenters. The number of nitrogens with one attached hydrogen (secondary N) is 1. The molecule has 3 rings (SSSR count). The van der Waals surface area contributed by atoms with Crippen molar-refractivity contribution in [3.8, 4) is 0 Å². The molecule has 0 saturated carbocycles. The number of pyridine rings is 1. The van der Waals surface area contributed by atoms with E-state index in [1.165, 1.54) is 0 Å². The standard InChI is InChI=1S/C14H13N5O/c1-9-7-10(2)17-14(16-9)18-13(20)11-3-4-12-15-5-6-19(12)8-11/h3-8H,1-2H3,(H,16,17,18,20). The molecule has 0 aliphatic carbocycles. The molecule has 0 bridgehead atoms. The van der Waals surface area contributed by atoms with E-state index in [2.05, 4.69) is 20.3 Å². The third-order valence-corrected chi connectivity index (χ3v) is 2.86. The van der Waals surface area contributed by atoms with Crippen molar-refractivity contribution in [2.75, 3.05) is 5.32 Å². The first-order chi connectivity index (χ1) is 9.61. The SMILES string of the molecule is Cc1cc(C)nc(NC(=O)c2ccc3nccn3c2)n1. The Morgan fingerprint density at radius 3 is 2.70 bits per heavy atom. The molecule has 20 heavy (non-hydrogen) atoms. The highest BCUT2D eigenvalue weighted by molar-refractivity contribution is 6.03. The Morgan fingerprint density at radius 1 is 1.20 bits per heavy atom. The molecule has 0 spiro atoms. The highest BCUT2D eigenvalue weighted by Crippen LogP contribution is 2.08. The third-order valence-electron chi connectivity index (χ3n) is 2.86. The number of hydrogen-bond acceptors (Lipinski definition) is 4. The van der Waals surface area contributed by atoms with Gasteiger partial charge in [0.1, 0.15) is 5.65 Å². The van der Waals surface area contributed by atoms with Gasteiger partial charge in [-0.25, -0.2) is 15.0 Å². The third kappa shape index (κ3) is 2.35. The molecule has 3 aromatic rings. The number of aryl methyl sites for hydroxylation is 2. The van der Waals surface area contributed by atoms with Gasteiger partial charge in [-0.05, 0) is 32.0 Å². The summed E-state index contributed by atoms with van der Waals surface area (Å²) in [5, 5.41) is 2.70. The zero-order valence-corrected chi connectivity index (χ0v) is 11.2. The second-order valence-electron chi connectivity index (χ2n) is 4.54. The van der Waals surface area contributed by atoms with Gasteiger partial charge in [0.2, 0.25) is 5.95 Å². The van der Waals surface area contributed by atoms with Crippen LogP contribution in [0.25, 0.3) is 5.65 Å². The average Bonchev–Trinajstić information content (AvgIpc) is 2.84. The van der Waals surface area contributed by atoms with Crippen LogP contribution in [0.15, 0.2) is 36.8 Å². The van der Waals surface area contributed by atoms with E-state index in [0.717, 1.165) is 17.0 Å². The minimum atomic E-state index is -0.245. The van der Waals surface area contributed by atoms with Gasteiger partial charge in [0.15, 0.2) is 0 Å². The van der Waals surface area contributed by atoms with Crippen LogP contribution in [0, 0.1) is 13.8 Å². The number of amides is 1. The molecule has 0 aliphatic rings. The van der Waals surface area contributed by atoms with Gasteiger partial charge in [0.05, 0.1) is 5.56 Å². The van der Waals surface area contributed by atoms with Crippen LogP contribution >= 0.6 is 0 Å². The Bertz CT molecular complexity index is 773. The van der Waals surface area contributed by atoms with Crippen molar-refractivity contribution in [2.45, 2.75) is 13.8 Å². The molecule has 1 N–H and O–H groups in total. The number of imidazole rings is 1. The van der Waals surface area contributed by atoms with E-state index in [9.17, 15) is 4.79 Å². The number of rotatable bonds is 2. The molecular weight excluding hydrogens is 254 g/mol. The summed E-state index contributed by atoms with van der Waals surface area (Å²) in [6.07, 6.45) is 5.20. The first kappa shape index (κ1) is 12.3. The smallest absolute Gasteiger partial charge is 0.259 e. The van der Waals surface area contributed by atoms with Gasteiger partial charge >= 0.3 is 0 Å². The average molecular weight is 267 g/mol. The summed E-state index contributed by atoms with van der Waals surface area (Å²) in [5.41, 5.74) is 2.96. The quantitative estimate of drug-likeness (QED) is 0.770. The van der Waals surface area contributed by atoms with Crippen molar-refractivity contribution < 1.29 is 4.79 Å². The molecule has 6 nitrogen and oxygen atoms in total. The monoisotopic (exact) mass is 267 g/mol. The number of hydrogen-bond donors (Lipinski definition) is 1. The summed E-state index contributed by atoms with van der Waals surface area (Å²) in [6.45, 7) is 3.73. The van der Waals surface area contributed by atoms with Crippen LogP contribution in [0.2, 0.25) is 0 Å². The number of aromatic nitrogens is 4. The van der Waals surface area contributed by atoms with Crippen LogP contribution in [0.5, 0.6) is 0 Å². The minimum Gasteiger partial charge on any atom is -0.306 e. The van der Waals surface area contributed by atoms with Crippen molar-refractivity contribution in [1.82, 2.24) is 19.4 Å². The van der Waals surface area contributed by atoms with E-state index < -0.39 is 0 Å². The summed E-state index contributed by atoms with van der Waals surface area (Å²) < 4.78 is 1.79. The lowest BCUT2D eigenvalue weighted by molar-refractivity contribution is 0.102. The number of carbonyl (C=O) groups excluding carboxylic acids is 1. The molecular formula is C14H13N5O. The minimum absolute atomic E-state index is 0.245. The topological polar surface area (TPSA) is 72.2 Å². The van der Waals surface area contributed by atoms with Crippen LogP contribution in [0.3, 0.4) is 0 Å². The van der Waals surface area contributed by atoms with Gasteiger partial charge in [0.25, 0.3) is 5.91 Å². The maximum absolute atomic E-state index is 12.2. The predicted octanol–water partition coefficient (Wildman–Crippen LogP) is 1.99. The summed E-state index contributed by atoms with van der Waals surface area (Å²) in [4.78, 5) is 24.7. The lowest BCUT2D eigenvalue weighted by Gasteiger charge is -2.06. The Labute approximate surface area is 115 Å². The lowest BCUT2D eigenvalue weighted by atomic mass is 10.2. The number of nitrogens with zero attached hydrogens (tertiary/aromatic N) is 4. The fourth-order valence-electron chi connectivity index (χ4n) is 2.01. The van der Waals surface area contributed by atoms with Gasteiger partial charge in [-0.2, -0.15) is 0 Å². The second kappa shape index (κ2) is 4.73. The molecule has 1 amide bonds. The van der Waals surface area contributed by atoms with Crippen molar-refractivity contribution >= 4 is 17.5 Å². The van der Waals surface area contributed by atoms with E-state index in [1.54, 1.807) is 35.1 Å². The van der Waals surface area contributed by atoms with Crippen LogP contribution in [0.1, 0.15) is 21.7 Å². The van der Waals surface area contributed by atoms with Gasteiger partial charge < -0.3 is 4.40 Å². The van der Waals surface area contributed by atoms with Crippen molar-refractivity contribution in [3.63, 3.8) is 0 Å². The second-order valence-corrected chi connectivity index (χ2v) is 4.54. The fraction of sp³-hybridized carbons (Fsp3) is 0.143. The number of anilines is 1. The first-order valence-electron chi connectivity index (χ1n) is 6.18. The van der Waals surface area contributed by atoms with E-state index in [-0.39, 0.29) is 5.91 Å². The Hall–Kier alpha value is -2.76. The number of fused-ring (bicyclic) bond motifs is 1. The van der Waals surface area contributed by atoms with Crippen LogP contribution in [-0.2, 0) is 0 Å². The molecule has 0 fully saturated rings. The van der Waals surface area contributed by atoms with Crippen LogP contribution < -0.4 is 5.32 Å². The molecule has 0 radical (unpaired) electrons. The van der Waals surface area contributed by atoms with Crippen molar-refractivity contribution in [3.05, 3.63) is 53.7 Å².